The number of hydrogen-bond donors (Lipinski definition) is 0. The molecule has 1 aromatic heterocycles. The van der Waals surface area contributed by atoms with Crippen LogP contribution in [0, 0.1) is 6.92 Å². The number of benzene rings is 2. The van der Waals surface area contributed by atoms with Crippen molar-refractivity contribution in [1.29, 1.82) is 0 Å². The van der Waals surface area contributed by atoms with Gasteiger partial charge in [-0.25, -0.2) is 13.2 Å². The highest BCUT2D eigenvalue weighted by Crippen LogP contribution is 2.33. The first-order chi connectivity index (χ1) is 14.4. The van der Waals surface area contributed by atoms with Crippen LogP contribution in [0.15, 0.2) is 51.8 Å². The Balaban J connectivity index is 1.62. The Morgan fingerprint density at radius 1 is 1.23 bits per heavy atom. The zero-order chi connectivity index (χ0) is 21.3. The number of aromatic nitrogens is 2. The molecule has 1 aliphatic heterocycles. The van der Waals surface area contributed by atoms with E-state index in [0.29, 0.717) is 24.5 Å². The summed E-state index contributed by atoms with van der Waals surface area (Å²) in [5.74, 6) is -0.313. The maximum absolute atomic E-state index is 13.3. The van der Waals surface area contributed by atoms with Crippen molar-refractivity contribution in [2.24, 2.45) is 0 Å². The van der Waals surface area contributed by atoms with Gasteiger partial charge in [-0.3, -0.25) is 4.31 Å². The number of anilines is 1. The maximum Gasteiger partial charge on any atom is 0.340 e. The first-order valence-electron chi connectivity index (χ1n) is 9.22. The number of nitrogens with zero attached hydrogens (tertiary/aromatic N) is 3. The van der Waals surface area contributed by atoms with Gasteiger partial charge in [-0.15, -0.1) is 10.2 Å². The lowest BCUT2D eigenvalue weighted by molar-refractivity contribution is 0.0436. The number of esters is 1. The number of hydrogen-bond acceptors (Lipinski definition) is 7. The molecule has 3 aromatic rings. The van der Waals surface area contributed by atoms with Crippen LogP contribution in [0.2, 0.25) is 5.02 Å². The van der Waals surface area contributed by atoms with Crippen LogP contribution in [0.3, 0.4) is 0 Å². The van der Waals surface area contributed by atoms with Crippen LogP contribution in [0.4, 0.5) is 5.69 Å². The Hall–Kier alpha value is -2.91. The monoisotopic (exact) mass is 447 g/mol. The minimum Gasteiger partial charge on any atom is -0.452 e. The standard InChI is InChI=1S/C20H18ClN3O5S/c1-13-22-23-19(29-13)12-28-20(25)16-11-15(8-9-17(16)21)30(26,27)24-10-4-6-14-5-2-3-7-18(14)24/h2-3,5,7-9,11H,4,6,10,12H2,1H3. The third-order valence-electron chi connectivity index (χ3n) is 4.71. The molecule has 0 unspecified atom stereocenters. The van der Waals surface area contributed by atoms with E-state index in [4.69, 9.17) is 20.8 Å². The second-order valence-electron chi connectivity index (χ2n) is 6.74. The number of ether oxygens (including phenoxy) is 1. The molecule has 30 heavy (non-hydrogen) atoms. The van der Waals surface area contributed by atoms with E-state index in [0.717, 1.165) is 12.0 Å². The molecule has 0 spiro atoms. The van der Waals surface area contributed by atoms with Crippen LogP contribution in [-0.4, -0.2) is 31.1 Å². The first kappa shape index (κ1) is 20.4. The third kappa shape index (κ3) is 3.90. The first-order valence-corrected chi connectivity index (χ1v) is 11.0. The zero-order valence-electron chi connectivity index (χ0n) is 16.0. The third-order valence-corrected chi connectivity index (χ3v) is 6.85. The molecular formula is C20H18ClN3O5S. The second kappa shape index (κ2) is 8.08. The second-order valence-corrected chi connectivity index (χ2v) is 9.01. The average Bonchev–Trinajstić information content (AvgIpc) is 3.17. The van der Waals surface area contributed by atoms with Crippen molar-refractivity contribution in [3.63, 3.8) is 0 Å². The molecule has 2 aromatic carbocycles. The predicted octanol–water partition coefficient (Wildman–Crippen LogP) is 3.53. The molecule has 156 valence electrons. The molecule has 8 nitrogen and oxygen atoms in total. The van der Waals surface area contributed by atoms with Crippen molar-refractivity contribution in [3.8, 4) is 0 Å². The van der Waals surface area contributed by atoms with Crippen molar-refractivity contribution in [2.75, 3.05) is 10.8 Å². The summed E-state index contributed by atoms with van der Waals surface area (Å²) in [7, 11) is -3.89. The summed E-state index contributed by atoms with van der Waals surface area (Å²) in [6.07, 6.45) is 1.53. The van der Waals surface area contributed by atoms with Crippen LogP contribution in [-0.2, 0) is 27.8 Å². The lowest BCUT2D eigenvalue weighted by atomic mass is 10.0. The van der Waals surface area contributed by atoms with Gasteiger partial charge >= 0.3 is 5.97 Å². The lowest BCUT2D eigenvalue weighted by Gasteiger charge is -2.30. The molecule has 0 atom stereocenters. The Labute approximate surface area is 178 Å². The number of sulfonamides is 1. The van der Waals surface area contributed by atoms with E-state index in [1.165, 1.54) is 22.5 Å². The van der Waals surface area contributed by atoms with E-state index >= 15 is 0 Å². The van der Waals surface area contributed by atoms with Crippen LogP contribution in [0.5, 0.6) is 0 Å². The van der Waals surface area contributed by atoms with Crippen LogP contribution in [0.1, 0.15) is 34.1 Å². The summed E-state index contributed by atoms with van der Waals surface area (Å²) in [6, 6.07) is 11.4. The summed E-state index contributed by atoms with van der Waals surface area (Å²) in [5, 5.41) is 7.48. The summed E-state index contributed by atoms with van der Waals surface area (Å²) in [5.41, 5.74) is 1.56. The molecule has 0 saturated heterocycles. The van der Waals surface area contributed by atoms with Gasteiger partial charge < -0.3 is 9.15 Å². The van der Waals surface area contributed by atoms with Gasteiger partial charge in [0.1, 0.15) is 0 Å². The smallest absolute Gasteiger partial charge is 0.340 e. The maximum atomic E-state index is 13.3. The van der Waals surface area contributed by atoms with Crippen LogP contribution < -0.4 is 4.31 Å². The summed E-state index contributed by atoms with van der Waals surface area (Å²) < 4.78 is 38.3. The number of aryl methyl sites for hydroxylation is 2. The Bertz CT molecular complexity index is 1210. The van der Waals surface area contributed by atoms with Crippen LogP contribution >= 0.6 is 11.6 Å². The zero-order valence-corrected chi connectivity index (χ0v) is 17.6. The highest BCUT2D eigenvalue weighted by molar-refractivity contribution is 7.92. The number of rotatable bonds is 5. The fraction of sp³-hybridized carbons (Fsp3) is 0.250. The van der Waals surface area contributed by atoms with Crippen molar-refractivity contribution in [2.45, 2.75) is 31.3 Å². The van der Waals surface area contributed by atoms with Crippen molar-refractivity contribution < 1.29 is 22.4 Å². The number of fused-ring (bicyclic) bond motifs is 1. The minimum absolute atomic E-state index is 0.0378. The summed E-state index contributed by atoms with van der Waals surface area (Å²) >= 11 is 6.13. The Morgan fingerprint density at radius 2 is 2.03 bits per heavy atom. The van der Waals surface area contributed by atoms with Gasteiger partial charge in [0.05, 0.1) is 21.2 Å². The highest BCUT2D eigenvalue weighted by atomic mass is 35.5. The molecule has 0 fully saturated rings. The van der Waals surface area contributed by atoms with Gasteiger partial charge in [0, 0.05) is 13.5 Å². The molecule has 0 saturated carbocycles. The molecule has 4 rings (SSSR count). The van der Waals surface area contributed by atoms with Gasteiger partial charge in [-0.1, -0.05) is 29.8 Å². The molecule has 0 radical (unpaired) electrons. The Kier molecular flexibility index (Phi) is 5.48. The largest absolute Gasteiger partial charge is 0.452 e. The fourth-order valence-electron chi connectivity index (χ4n) is 3.30. The molecule has 10 heteroatoms. The SMILES string of the molecule is Cc1nnc(COC(=O)c2cc(S(=O)(=O)N3CCCc4ccccc43)ccc2Cl)o1. The van der Waals surface area contributed by atoms with E-state index < -0.39 is 16.0 Å². The van der Waals surface area contributed by atoms with E-state index in [-0.39, 0.29) is 28.0 Å². The van der Waals surface area contributed by atoms with Crippen LogP contribution in [0.25, 0.3) is 0 Å². The normalized spacial score (nSPS) is 13.7. The van der Waals surface area contributed by atoms with Crippen molar-refractivity contribution >= 4 is 33.3 Å². The van der Waals surface area contributed by atoms with Gasteiger partial charge in [-0.2, -0.15) is 0 Å². The van der Waals surface area contributed by atoms with Crippen molar-refractivity contribution in [1.82, 2.24) is 10.2 Å². The molecule has 0 bridgehead atoms. The molecule has 0 N–H and O–H groups in total. The van der Waals surface area contributed by atoms with Gasteiger partial charge in [0.2, 0.25) is 5.89 Å². The number of halogens is 1. The van der Waals surface area contributed by atoms with Gasteiger partial charge in [0.25, 0.3) is 15.9 Å². The van der Waals surface area contributed by atoms with Gasteiger partial charge in [-0.05, 0) is 42.7 Å². The Morgan fingerprint density at radius 3 is 2.80 bits per heavy atom. The summed E-state index contributed by atoms with van der Waals surface area (Å²) in [6.45, 7) is 1.73. The van der Waals surface area contributed by atoms with Gasteiger partial charge in [0.15, 0.2) is 6.61 Å². The van der Waals surface area contributed by atoms with E-state index in [9.17, 15) is 13.2 Å². The quantitative estimate of drug-likeness (QED) is 0.551. The highest BCUT2D eigenvalue weighted by Gasteiger charge is 2.30. The topological polar surface area (TPSA) is 103 Å². The fourth-order valence-corrected chi connectivity index (χ4v) is 5.06. The van der Waals surface area contributed by atoms with E-state index in [2.05, 4.69) is 10.2 Å². The molecule has 0 amide bonds. The molecular weight excluding hydrogens is 430 g/mol. The summed E-state index contributed by atoms with van der Waals surface area (Å²) in [4.78, 5) is 12.5. The number of carbonyl (C=O) groups excluding carboxylic acids is 1. The van der Waals surface area contributed by atoms with Crippen molar-refractivity contribution in [3.05, 3.63) is 70.4 Å². The van der Waals surface area contributed by atoms with E-state index in [1.807, 2.05) is 12.1 Å². The number of para-hydroxylation sites is 1. The minimum atomic E-state index is -3.89. The number of carbonyl (C=O) groups is 1. The lowest BCUT2D eigenvalue weighted by Crippen LogP contribution is -2.35. The molecule has 1 aliphatic rings. The van der Waals surface area contributed by atoms with E-state index in [1.54, 1.807) is 19.1 Å². The average molecular weight is 448 g/mol. The molecule has 0 aliphatic carbocycles. The molecule has 2 heterocycles. The predicted molar refractivity (Wildman–Crippen MR) is 109 cm³/mol.